The minimum atomic E-state index is 0.294. The molecule has 1 N–H and O–H groups in total. The van der Waals surface area contributed by atoms with Gasteiger partial charge in [-0.1, -0.05) is 17.7 Å². The summed E-state index contributed by atoms with van der Waals surface area (Å²) in [6, 6.07) is 9.11. The topological polar surface area (TPSA) is 24.5 Å². The molecule has 1 atom stereocenters. The SMILES string of the molecule is Cc1ccc(NCC2CN(C(C)C)CCO2)cc1. The number of nitrogens with zero attached hydrogens (tertiary/aromatic N) is 1. The van der Waals surface area contributed by atoms with E-state index in [-0.39, 0.29) is 0 Å². The van der Waals surface area contributed by atoms with E-state index in [0.717, 1.165) is 26.2 Å². The molecule has 0 aromatic heterocycles. The van der Waals surface area contributed by atoms with Crippen LogP contribution < -0.4 is 5.32 Å². The summed E-state index contributed by atoms with van der Waals surface area (Å²) in [5.41, 5.74) is 2.46. The average Bonchev–Trinajstić information content (AvgIpc) is 2.38. The fourth-order valence-corrected chi connectivity index (χ4v) is 2.24. The second kappa shape index (κ2) is 6.21. The molecule has 1 unspecified atom stereocenters. The van der Waals surface area contributed by atoms with Gasteiger partial charge in [0.2, 0.25) is 0 Å². The summed E-state index contributed by atoms with van der Waals surface area (Å²) in [5.74, 6) is 0. The summed E-state index contributed by atoms with van der Waals surface area (Å²) >= 11 is 0. The van der Waals surface area contributed by atoms with Crippen LogP contribution in [0.4, 0.5) is 5.69 Å². The molecule has 3 heteroatoms. The zero-order chi connectivity index (χ0) is 13.0. The molecule has 1 fully saturated rings. The van der Waals surface area contributed by atoms with E-state index in [0.29, 0.717) is 12.1 Å². The van der Waals surface area contributed by atoms with Gasteiger partial charge in [-0.25, -0.2) is 0 Å². The van der Waals surface area contributed by atoms with Crippen molar-refractivity contribution in [3.05, 3.63) is 29.8 Å². The quantitative estimate of drug-likeness (QED) is 0.886. The third-order valence-corrected chi connectivity index (χ3v) is 3.49. The van der Waals surface area contributed by atoms with Crippen LogP contribution in [0.15, 0.2) is 24.3 Å². The Hall–Kier alpha value is -1.06. The van der Waals surface area contributed by atoms with Crippen LogP contribution in [0.5, 0.6) is 0 Å². The van der Waals surface area contributed by atoms with Gasteiger partial charge in [0.1, 0.15) is 0 Å². The number of anilines is 1. The number of aryl methyl sites for hydroxylation is 1. The number of rotatable bonds is 4. The average molecular weight is 248 g/mol. The van der Waals surface area contributed by atoms with Gasteiger partial charge in [-0.05, 0) is 32.9 Å². The van der Waals surface area contributed by atoms with E-state index in [1.807, 2.05) is 0 Å². The highest BCUT2D eigenvalue weighted by molar-refractivity contribution is 5.44. The van der Waals surface area contributed by atoms with Crippen molar-refractivity contribution in [2.75, 3.05) is 31.6 Å². The molecule has 1 aromatic rings. The molecule has 18 heavy (non-hydrogen) atoms. The Kier molecular flexibility index (Phi) is 4.61. The van der Waals surface area contributed by atoms with E-state index < -0.39 is 0 Å². The molecule has 100 valence electrons. The van der Waals surface area contributed by atoms with Crippen molar-refractivity contribution in [1.29, 1.82) is 0 Å². The van der Waals surface area contributed by atoms with E-state index in [2.05, 4.69) is 55.3 Å². The van der Waals surface area contributed by atoms with Crippen molar-refractivity contribution in [3.63, 3.8) is 0 Å². The van der Waals surface area contributed by atoms with Gasteiger partial charge in [0.15, 0.2) is 0 Å². The van der Waals surface area contributed by atoms with Gasteiger partial charge in [0, 0.05) is 31.4 Å². The summed E-state index contributed by atoms with van der Waals surface area (Å²) in [6.45, 7) is 10.4. The second-order valence-corrected chi connectivity index (χ2v) is 5.33. The predicted octanol–water partition coefficient (Wildman–Crippen LogP) is 2.52. The summed E-state index contributed by atoms with van der Waals surface area (Å²) in [7, 11) is 0. The van der Waals surface area contributed by atoms with Gasteiger partial charge in [0.05, 0.1) is 12.7 Å². The minimum Gasteiger partial charge on any atom is -0.382 e. The largest absolute Gasteiger partial charge is 0.382 e. The highest BCUT2D eigenvalue weighted by Gasteiger charge is 2.21. The van der Waals surface area contributed by atoms with E-state index in [9.17, 15) is 0 Å². The fraction of sp³-hybridized carbons (Fsp3) is 0.600. The predicted molar refractivity (Wildman–Crippen MR) is 76.1 cm³/mol. The Balaban J connectivity index is 1.81. The van der Waals surface area contributed by atoms with Crippen LogP contribution in [-0.4, -0.2) is 43.3 Å². The van der Waals surface area contributed by atoms with Crippen molar-refractivity contribution in [2.45, 2.75) is 32.9 Å². The van der Waals surface area contributed by atoms with Crippen LogP contribution in [0.25, 0.3) is 0 Å². The van der Waals surface area contributed by atoms with Gasteiger partial charge in [-0.2, -0.15) is 0 Å². The molecular weight excluding hydrogens is 224 g/mol. The lowest BCUT2D eigenvalue weighted by atomic mass is 10.2. The Morgan fingerprint density at radius 1 is 1.33 bits per heavy atom. The molecule has 1 aliphatic heterocycles. The minimum absolute atomic E-state index is 0.294. The first-order valence-corrected chi connectivity index (χ1v) is 6.81. The van der Waals surface area contributed by atoms with Crippen LogP contribution in [0.2, 0.25) is 0 Å². The zero-order valence-corrected chi connectivity index (χ0v) is 11.6. The highest BCUT2D eigenvalue weighted by atomic mass is 16.5. The highest BCUT2D eigenvalue weighted by Crippen LogP contribution is 2.12. The standard InChI is InChI=1S/C15H24N2O/c1-12(2)17-8-9-18-15(11-17)10-16-14-6-4-13(3)5-7-14/h4-7,12,15-16H,8-11H2,1-3H3. The normalized spacial score (nSPS) is 21.2. The third-order valence-electron chi connectivity index (χ3n) is 3.49. The van der Waals surface area contributed by atoms with Crippen LogP contribution in [0.3, 0.4) is 0 Å². The summed E-state index contributed by atoms with van der Waals surface area (Å²) in [4.78, 5) is 2.48. The number of hydrogen-bond donors (Lipinski definition) is 1. The van der Waals surface area contributed by atoms with Gasteiger partial charge in [0.25, 0.3) is 0 Å². The fourth-order valence-electron chi connectivity index (χ4n) is 2.24. The van der Waals surface area contributed by atoms with Crippen LogP contribution in [0.1, 0.15) is 19.4 Å². The Morgan fingerprint density at radius 3 is 2.72 bits per heavy atom. The third kappa shape index (κ3) is 3.72. The molecular formula is C15H24N2O. The lowest BCUT2D eigenvalue weighted by Crippen LogP contribution is -2.48. The molecule has 3 nitrogen and oxygen atoms in total. The van der Waals surface area contributed by atoms with E-state index >= 15 is 0 Å². The first kappa shape index (κ1) is 13.4. The first-order valence-electron chi connectivity index (χ1n) is 6.81. The second-order valence-electron chi connectivity index (χ2n) is 5.33. The van der Waals surface area contributed by atoms with Crippen LogP contribution in [0, 0.1) is 6.92 Å². The van der Waals surface area contributed by atoms with Crippen LogP contribution >= 0.6 is 0 Å². The van der Waals surface area contributed by atoms with Gasteiger partial charge in [-0.3, -0.25) is 4.90 Å². The van der Waals surface area contributed by atoms with E-state index in [4.69, 9.17) is 4.74 Å². The van der Waals surface area contributed by atoms with Crippen molar-refractivity contribution in [3.8, 4) is 0 Å². The molecule has 0 saturated carbocycles. The maximum Gasteiger partial charge on any atom is 0.0874 e. The first-order chi connectivity index (χ1) is 8.65. The summed E-state index contributed by atoms with van der Waals surface area (Å²) in [6.07, 6.45) is 0.294. The van der Waals surface area contributed by atoms with Crippen LogP contribution in [-0.2, 0) is 4.74 Å². The van der Waals surface area contributed by atoms with Gasteiger partial charge >= 0.3 is 0 Å². The smallest absolute Gasteiger partial charge is 0.0874 e. The lowest BCUT2D eigenvalue weighted by Gasteiger charge is -2.35. The number of ether oxygens (including phenoxy) is 1. The molecule has 0 bridgehead atoms. The zero-order valence-electron chi connectivity index (χ0n) is 11.6. The molecule has 1 aliphatic rings. The summed E-state index contributed by atoms with van der Waals surface area (Å²) in [5, 5.41) is 3.45. The number of nitrogens with one attached hydrogen (secondary N) is 1. The number of morpholine rings is 1. The van der Waals surface area contributed by atoms with Gasteiger partial charge < -0.3 is 10.1 Å². The summed E-state index contributed by atoms with van der Waals surface area (Å²) < 4.78 is 5.80. The maximum atomic E-state index is 5.80. The molecule has 2 rings (SSSR count). The lowest BCUT2D eigenvalue weighted by molar-refractivity contribution is -0.0315. The molecule has 0 radical (unpaired) electrons. The van der Waals surface area contributed by atoms with E-state index in [1.54, 1.807) is 0 Å². The van der Waals surface area contributed by atoms with Crippen molar-refractivity contribution < 1.29 is 4.74 Å². The van der Waals surface area contributed by atoms with Crippen molar-refractivity contribution in [1.82, 2.24) is 4.90 Å². The van der Waals surface area contributed by atoms with Gasteiger partial charge in [-0.15, -0.1) is 0 Å². The molecule has 1 aromatic carbocycles. The molecule has 0 spiro atoms. The van der Waals surface area contributed by atoms with Crippen molar-refractivity contribution >= 4 is 5.69 Å². The molecule has 1 heterocycles. The monoisotopic (exact) mass is 248 g/mol. The molecule has 1 saturated heterocycles. The molecule has 0 aliphatic carbocycles. The van der Waals surface area contributed by atoms with Crippen molar-refractivity contribution in [2.24, 2.45) is 0 Å². The molecule has 0 amide bonds. The number of benzene rings is 1. The Morgan fingerprint density at radius 2 is 2.06 bits per heavy atom. The van der Waals surface area contributed by atoms with E-state index in [1.165, 1.54) is 11.3 Å². The maximum absolute atomic E-state index is 5.80. The Bertz CT molecular complexity index is 361. The Labute approximate surface area is 110 Å². The number of hydrogen-bond acceptors (Lipinski definition) is 3.